The summed E-state index contributed by atoms with van der Waals surface area (Å²) in [6.07, 6.45) is 1.42. The zero-order valence-electron chi connectivity index (χ0n) is 11.2. The topological polar surface area (TPSA) is 83.7 Å². The fraction of sp³-hybridized carbons (Fsp3) is 0.500. The fourth-order valence-corrected chi connectivity index (χ4v) is 3.76. The molecule has 2 aliphatic rings. The maximum Gasteiger partial charge on any atom is 0.284 e. The first-order valence-electron chi connectivity index (χ1n) is 6.88. The Hall–Kier alpha value is -1.47. The second kappa shape index (κ2) is 5.38. The van der Waals surface area contributed by atoms with Crippen molar-refractivity contribution in [3.8, 4) is 0 Å². The first-order valence-corrected chi connectivity index (χ1v) is 7.68. The second-order valence-electron chi connectivity index (χ2n) is 5.70. The van der Waals surface area contributed by atoms with Crippen molar-refractivity contribution < 1.29 is 14.8 Å². The standard InChI is InChI=1S/C14H15BrN2O4/c15-11-3-1-8(5-12(11)17(20)21)14(19)16-6-9-2-4-13(18)10(9)7-16/h1,3,5,9-10,13,18H,2,4,6-7H2. The van der Waals surface area contributed by atoms with E-state index in [0.29, 0.717) is 29.0 Å². The molecular weight excluding hydrogens is 340 g/mol. The molecule has 3 atom stereocenters. The van der Waals surface area contributed by atoms with E-state index in [1.807, 2.05) is 0 Å². The Balaban J connectivity index is 1.80. The number of aliphatic hydroxyl groups excluding tert-OH is 1. The van der Waals surface area contributed by atoms with Crippen LogP contribution in [0.15, 0.2) is 22.7 Å². The Labute approximate surface area is 130 Å². The lowest BCUT2D eigenvalue weighted by Gasteiger charge is -2.18. The number of halogens is 1. The molecule has 1 N–H and O–H groups in total. The van der Waals surface area contributed by atoms with Gasteiger partial charge in [0.1, 0.15) is 0 Å². The molecule has 3 rings (SSSR count). The number of carbonyl (C=O) groups excluding carboxylic acids is 1. The number of nitro benzene ring substituents is 1. The largest absolute Gasteiger partial charge is 0.393 e. The number of aliphatic hydroxyl groups is 1. The summed E-state index contributed by atoms with van der Waals surface area (Å²) in [6.45, 7) is 1.17. The molecule has 1 heterocycles. The molecule has 1 aliphatic heterocycles. The molecule has 3 unspecified atom stereocenters. The number of hydrogen-bond acceptors (Lipinski definition) is 4. The average molecular weight is 355 g/mol. The van der Waals surface area contributed by atoms with Crippen LogP contribution in [0.5, 0.6) is 0 Å². The number of nitrogens with zero attached hydrogens (tertiary/aromatic N) is 2. The summed E-state index contributed by atoms with van der Waals surface area (Å²) in [5.41, 5.74) is 0.208. The van der Waals surface area contributed by atoms with E-state index in [4.69, 9.17) is 0 Å². The lowest BCUT2D eigenvalue weighted by atomic mass is 10.00. The highest BCUT2D eigenvalue weighted by molar-refractivity contribution is 9.10. The normalized spacial score (nSPS) is 27.7. The molecule has 1 aromatic carbocycles. The van der Waals surface area contributed by atoms with Gasteiger partial charge in [-0.15, -0.1) is 0 Å². The van der Waals surface area contributed by atoms with E-state index in [1.165, 1.54) is 12.1 Å². The Morgan fingerprint density at radius 3 is 2.81 bits per heavy atom. The fourth-order valence-electron chi connectivity index (χ4n) is 3.37. The van der Waals surface area contributed by atoms with Crippen molar-refractivity contribution in [2.24, 2.45) is 11.8 Å². The third-order valence-corrected chi connectivity index (χ3v) is 5.17. The average Bonchev–Trinajstić information content (AvgIpc) is 3.01. The Kier molecular flexibility index (Phi) is 3.71. The van der Waals surface area contributed by atoms with E-state index in [-0.39, 0.29) is 23.6 Å². The van der Waals surface area contributed by atoms with Crippen LogP contribution in [0.3, 0.4) is 0 Å². The highest BCUT2D eigenvalue weighted by Gasteiger charge is 2.43. The summed E-state index contributed by atoms with van der Waals surface area (Å²) in [4.78, 5) is 24.6. The first-order chi connectivity index (χ1) is 9.97. The SMILES string of the molecule is O=C(c1ccc(Br)c([N+](=O)[O-])c1)N1CC2CCC(O)C2C1. The molecule has 1 aliphatic carbocycles. The predicted octanol–water partition coefficient (Wildman–Crippen LogP) is 2.20. The smallest absolute Gasteiger partial charge is 0.284 e. The number of hydrogen-bond donors (Lipinski definition) is 1. The zero-order chi connectivity index (χ0) is 15.1. The number of benzene rings is 1. The van der Waals surface area contributed by atoms with Gasteiger partial charge in [-0.2, -0.15) is 0 Å². The predicted molar refractivity (Wildman–Crippen MR) is 78.9 cm³/mol. The van der Waals surface area contributed by atoms with Crippen LogP contribution in [0, 0.1) is 22.0 Å². The minimum absolute atomic E-state index is 0.111. The van der Waals surface area contributed by atoms with Crippen LogP contribution >= 0.6 is 15.9 Å². The number of likely N-dealkylation sites (tertiary alicyclic amines) is 1. The van der Waals surface area contributed by atoms with Gasteiger partial charge >= 0.3 is 0 Å². The molecule has 0 bridgehead atoms. The maximum atomic E-state index is 12.5. The maximum absolute atomic E-state index is 12.5. The van der Waals surface area contributed by atoms with Gasteiger partial charge in [-0.05, 0) is 46.8 Å². The van der Waals surface area contributed by atoms with E-state index in [0.717, 1.165) is 12.8 Å². The number of nitro groups is 1. The van der Waals surface area contributed by atoms with Crippen molar-refractivity contribution in [2.45, 2.75) is 18.9 Å². The Morgan fingerprint density at radius 2 is 2.14 bits per heavy atom. The third kappa shape index (κ3) is 2.55. The summed E-state index contributed by atoms with van der Waals surface area (Å²) in [6, 6.07) is 4.41. The monoisotopic (exact) mass is 354 g/mol. The number of rotatable bonds is 2. The summed E-state index contributed by atoms with van der Waals surface area (Å²) in [7, 11) is 0. The van der Waals surface area contributed by atoms with Crippen LogP contribution < -0.4 is 0 Å². The summed E-state index contributed by atoms with van der Waals surface area (Å²) >= 11 is 3.11. The van der Waals surface area contributed by atoms with Gasteiger partial charge in [0, 0.05) is 30.6 Å². The van der Waals surface area contributed by atoms with Crippen LogP contribution in [0.25, 0.3) is 0 Å². The highest BCUT2D eigenvalue weighted by atomic mass is 79.9. The van der Waals surface area contributed by atoms with Crippen LogP contribution in [0.2, 0.25) is 0 Å². The molecule has 0 aromatic heterocycles. The molecular formula is C14H15BrN2O4. The lowest BCUT2D eigenvalue weighted by Crippen LogP contribution is -2.31. The van der Waals surface area contributed by atoms with Gasteiger partial charge in [0.25, 0.3) is 11.6 Å². The number of amides is 1. The van der Waals surface area contributed by atoms with E-state index in [2.05, 4.69) is 15.9 Å². The van der Waals surface area contributed by atoms with Crippen molar-refractivity contribution >= 4 is 27.5 Å². The van der Waals surface area contributed by atoms with Crippen LogP contribution in [0.4, 0.5) is 5.69 Å². The van der Waals surface area contributed by atoms with Gasteiger partial charge in [-0.25, -0.2) is 0 Å². The van der Waals surface area contributed by atoms with Gasteiger partial charge in [-0.1, -0.05) is 0 Å². The van der Waals surface area contributed by atoms with Crippen LogP contribution in [-0.2, 0) is 0 Å². The summed E-state index contributed by atoms with van der Waals surface area (Å²) in [5, 5.41) is 20.8. The van der Waals surface area contributed by atoms with E-state index in [9.17, 15) is 20.0 Å². The molecule has 1 saturated carbocycles. The van der Waals surface area contributed by atoms with Gasteiger partial charge in [0.05, 0.1) is 15.5 Å². The molecule has 21 heavy (non-hydrogen) atoms. The molecule has 112 valence electrons. The zero-order valence-corrected chi connectivity index (χ0v) is 12.8. The Bertz CT molecular complexity index is 607. The summed E-state index contributed by atoms with van der Waals surface area (Å²) < 4.78 is 0.359. The van der Waals surface area contributed by atoms with Crippen molar-refractivity contribution in [3.05, 3.63) is 38.3 Å². The Morgan fingerprint density at radius 1 is 1.38 bits per heavy atom. The third-order valence-electron chi connectivity index (χ3n) is 4.50. The lowest BCUT2D eigenvalue weighted by molar-refractivity contribution is -0.385. The molecule has 1 amide bonds. The van der Waals surface area contributed by atoms with Crippen molar-refractivity contribution in [3.63, 3.8) is 0 Å². The van der Waals surface area contributed by atoms with Crippen molar-refractivity contribution in [2.75, 3.05) is 13.1 Å². The minimum Gasteiger partial charge on any atom is -0.393 e. The van der Waals surface area contributed by atoms with Crippen molar-refractivity contribution in [1.82, 2.24) is 4.90 Å². The molecule has 0 radical (unpaired) electrons. The number of fused-ring (bicyclic) bond motifs is 1. The number of carbonyl (C=O) groups is 1. The minimum atomic E-state index is -0.511. The van der Waals surface area contributed by atoms with E-state index < -0.39 is 4.92 Å². The quantitative estimate of drug-likeness (QED) is 0.651. The molecule has 1 aromatic rings. The molecule has 2 fully saturated rings. The van der Waals surface area contributed by atoms with Crippen LogP contribution in [0.1, 0.15) is 23.2 Å². The molecule has 1 saturated heterocycles. The second-order valence-corrected chi connectivity index (χ2v) is 6.56. The van der Waals surface area contributed by atoms with Gasteiger partial charge < -0.3 is 10.0 Å². The van der Waals surface area contributed by atoms with Crippen molar-refractivity contribution in [1.29, 1.82) is 0 Å². The first kappa shape index (κ1) is 14.5. The molecule has 0 spiro atoms. The van der Waals surface area contributed by atoms with Gasteiger partial charge in [-0.3, -0.25) is 14.9 Å². The van der Waals surface area contributed by atoms with Gasteiger partial charge in [0.15, 0.2) is 0 Å². The highest BCUT2D eigenvalue weighted by Crippen LogP contribution is 2.38. The molecule has 6 nitrogen and oxygen atoms in total. The molecule has 7 heteroatoms. The van der Waals surface area contributed by atoms with E-state index >= 15 is 0 Å². The van der Waals surface area contributed by atoms with Crippen LogP contribution in [-0.4, -0.2) is 40.0 Å². The van der Waals surface area contributed by atoms with Gasteiger partial charge in [0.2, 0.25) is 0 Å². The summed E-state index contributed by atoms with van der Waals surface area (Å²) in [5.74, 6) is 0.306. The van der Waals surface area contributed by atoms with E-state index in [1.54, 1.807) is 11.0 Å².